The molecule has 6 heteroatoms. The molecule has 0 radical (unpaired) electrons. The van der Waals surface area contributed by atoms with Crippen LogP contribution in [0.25, 0.3) is 0 Å². The Bertz CT molecular complexity index is 355. The van der Waals surface area contributed by atoms with E-state index in [1.54, 1.807) is 0 Å². The fourth-order valence-corrected chi connectivity index (χ4v) is 1.17. The minimum Gasteiger partial charge on any atom is -0.503 e. The zero-order valence-corrected chi connectivity index (χ0v) is 8.15. The van der Waals surface area contributed by atoms with Crippen LogP contribution in [-0.2, 0) is 4.79 Å². The summed E-state index contributed by atoms with van der Waals surface area (Å²) in [5, 5.41) is 11.7. The molecule has 0 aromatic carbocycles. The van der Waals surface area contributed by atoms with Crippen LogP contribution >= 0.6 is 23.2 Å². The molecule has 0 unspecified atom stereocenters. The number of hydrogen-bond acceptors (Lipinski definition) is 3. The lowest BCUT2D eigenvalue weighted by atomic mass is 10.4. The Morgan fingerprint density at radius 3 is 2.77 bits per heavy atom. The largest absolute Gasteiger partial charge is 0.503 e. The molecule has 0 saturated heterocycles. The first-order chi connectivity index (χ1) is 6.00. The highest BCUT2D eigenvalue weighted by molar-refractivity contribution is 6.35. The maximum absolute atomic E-state index is 10.6. The molecule has 1 aromatic heterocycles. The first kappa shape index (κ1) is 10.1. The van der Waals surface area contributed by atoms with Gasteiger partial charge in [0.15, 0.2) is 11.6 Å². The number of amides is 1. The quantitative estimate of drug-likeness (QED) is 0.713. The maximum atomic E-state index is 10.6. The zero-order chi connectivity index (χ0) is 10.0. The lowest BCUT2D eigenvalue weighted by molar-refractivity contribution is -0.114. The molecule has 1 rings (SSSR count). The molecule has 0 aliphatic heterocycles. The zero-order valence-electron chi connectivity index (χ0n) is 6.64. The molecule has 13 heavy (non-hydrogen) atoms. The Morgan fingerprint density at radius 2 is 2.23 bits per heavy atom. The number of carbonyl (C=O) groups is 1. The second kappa shape index (κ2) is 3.81. The summed E-state index contributed by atoms with van der Waals surface area (Å²) in [6, 6.07) is 1.28. The van der Waals surface area contributed by atoms with Gasteiger partial charge in [0, 0.05) is 6.92 Å². The lowest BCUT2D eigenvalue weighted by Crippen LogP contribution is -2.07. The van der Waals surface area contributed by atoms with Gasteiger partial charge in [-0.3, -0.25) is 4.79 Å². The van der Waals surface area contributed by atoms with E-state index in [9.17, 15) is 9.90 Å². The summed E-state index contributed by atoms with van der Waals surface area (Å²) < 4.78 is 0. The fraction of sp³-hybridized carbons (Fsp3) is 0.143. The van der Waals surface area contributed by atoms with Gasteiger partial charge in [-0.2, -0.15) is 0 Å². The minimum absolute atomic E-state index is 0.0370. The second-order valence-electron chi connectivity index (χ2n) is 2.31. The van der Waals surface area contributed by atoms with Crippen molar-refractivity contribution < 1.29 is 9.90 Å². The van der Waals surface area contributed by atoms with Crippen molar-refractivity contribution in [2.75, 3.05) is 5.32 Å². The van der Waals surface area contributed by atoms with Crippen molar-refractivity contribution in [3.63, 3.8) is 0 Å². The van der Waals surface area contributed by atoms with Crippen LogP contribution in [0.5, 0.6) is 5.75 Å². The third-order valence-electron chi connectivity index (χ3n) is 1.21. The molecule has 0 atom stereocenters. The molecule has 0 aliphatic carbocycles. The number of hydrogen-bond donors (Lipinski definition) is 2. The first-order valence-corrected chi connectivity index (χ1v) is 4.09. The molecular formula is C7H6Cl2N2O2. The van der Waals surface area contributed by atoms with E-state index in [-0.39, 0.29) is 27.7 Å². The van der Waals surface area contributed by atoms with Crippen LogP contribution in [0.3, 0.4) is 0 Å². The molecule has 4 nitrogen and oxygen atoms in total. The molecule has 1 heterocycles. The van der Waals surface area contributed by atoms with E-state index >= 15 is 0 Å². The van der Waals surface area contributed by atoms with Gasteiger partial charge in [0.05, 0.1) is 5.02 Å². The van der Waals surface area contributed by atoms with Crippen LogP contribution in [-0.4, -0.2) is 16.0 Å². The summed E-state index contributed by atoms with van der Waals surface area (Å²) in [5.74, 6) is -0.688. The predicted octanol–water partition coefficient (Wildman–Crippen LogP) is 2.05. The minimum atomic E-state index is -0.360. The molecule has 0 bridgehead atoms. The van der Waals surface area contributed by atoms with Crippen LogP contribution in [0.15, 0.2) is 6.07 Å². The van der Waals surface area contributed by atoms with Crippen molar-refractivity contribution in [2.24, 2.45) is 0 Å². The fourth-order valence-electron chi connectivity index (χ4n) is 0.732. The summed E-state index contributed by atoms with van der Waals surface area (Å²) in [6.07, 6.45) is 0. The number of halogens is 2. The first-order valence-electron chi connectivity index (χ1n) is 3.33. The number of pyridine rings is 1. The van der Waals surface area contributed by atoms with E-state index in [2.05, 4.69) is 10.3 Å². The average Bonchev–Trinajstić information content (AvgIpc) is 1.98. The van der Waals surface area contributed by atoms with E-state index in [0.717, 1.165) is 0 Å². The Kier molecular flexibility index (Phi) is 2.95. The number of nitrogens with zero attached hydrogens (tertiary/aromatic N) is 1. The molecule has 1 amide bonds. The van der Waals surface area contributed by atoms with Crippen molar-refractivity contribution in [2.45, 2.75) is 6.92 Å². The van der Waals surface area contributed by atoms with Gasteiger partial charge in [-0.15, -0.1) is 0 Å². The van der Waals surface area contributed by atoms with Gasteiger partial charge in [-0.25, -0.2) is 4.98 Å². The number of aromatic nitrogens is 1. The Morgan fingerprint density at radius 1 is 1.62 bits per heavy atom. The van der Waals surface area contributed by atoms with Crippen molar-refractivity contribution in [1.29, 1.82) is 0 Å². The lowest BCUT2D eigenvalue weighted by Gasteiger charge is -2.05. The van der Waals surface area contributed by atoms with Gasteiger partial charge >= 0.3 is 0 Å². The Hall–Kier alpha value is -1.00. The van der Waals surface area contributed by atoms with E-state index in [1.165, 1.54) is 13.0 Å². The highest BCUT2D eigenvalue weighted by atomic mass is 35.5. The van der Waals surface area contributed by atoms with E-state index in [4.69, 9.17) is 23.2 Å². The van der Waals surface area contributed by atoms with Gasteiger partial charge in [-0.05, 0) is 6.07 Å². The van der Waals surface area contributed by atoms with Crippen molar-refractivity contribution in [3.8, 4) is 5.75 Å². The average molecular weight is 221 g/mol. The number of nitrogens with one attached hydrogen (secondary N) is 1. The Balaban J connectivity index is 3.12. The Labute approximate surface area is 84.5 Å². The maximum Gasteiger partial charge on any atom is 0.222 e. The number of carbonyl (C=O) groups excluding carboxylic acids is 1. The van der Waals surface area contributed by atoms with Crippen LogP contribution < -0.4 is 5.32 Å². The van der Waals surface area contributed by atoms with E-state index < -0.39 is 0 Å². The third kappa shape index (κ3) is 2.47. The molecular weight excluding hydrogens is 215 g/mol. The summed E-state index contributed by atoms with van der Waals surface area (Å²) >= 11 is 11.1. The molecule has 0 aliphatic rings. The van der Waals surface area contributed by atoms with Crippen LogP contribution in [0, 0.1) is 0 Å². The monoisotopic (exact) mass is 220 g/mol. The number of rotatable bonds is 1. The van der Waals surface area contributed by atoms with Gasteiger partial charge in [0.25, 0.3) is 0 Å². The second-order valence-corrected chi connectivity index (χ2v) is 3.10. The highest BCUT2D eigenvalue weighted by Crippen LogP contribution is 2.31. The summed E-state index contributed by atoms with van der Waals surface area (Å²) in [7, 11) is 0. The standard InChI is InChI=1S/C7H6Cl2N2O2/c1-3(12)10-7-6(13)4(8)2-5(9)11-7/h2,13H,1H3,(H,10,11,12). The van der Waals surface area contributed by atoms with Crippen molar-refractivity contribution in [1.82, 2.24) is 4.98 Å². The van der Waals surface area contributed by atoms with E-state index in [1.807, 2.05) is 0 Å². The van der Waals surface area contributed by atoms with Crippen LogP contribution in [0.2, 0.25) is 10.2 Å². The van der Waals surface area contributed by atoms with Gasteiger partial charge < -0.3 is 10.4 Å². The van der Waals surface area contributed by atoms with Gasteiger partial charge in [0.1, 0.15) is 5.15 Å². The van der Waals surface area contributed by atoms with Crippen LogP contribution in [0.1, 0.15) is 6.92 Å². The summed E-state index contributed by atoms with van der Waals surface area (Å²) in [6.45, 7) is 1.29. The predicted molar refractivity (Wildman–Crippen MR) is 50.2 cm³/mol. The molecule has 70 valence electrons. The topological polar surface area (TPSA) is 62.2 Å². The van der Waals surface area contributed by atoms with Gasteiger partial charge in [-0.1, -0.05) is 23.2 Å². The number of aromatic hydroxyl groups is 1. The smallest absolute Gasteiger partial charge is 0.222 e. The third-order valence-corrected chi connectivity index (χ3v) is 1.69. The van der Waals surface area contributed by atoms with Crippen molar-refractivity contribution >= 4 is 34.9 Å². The SMILES string of the molecule is CC(=O)Nc1nc(Cl)cc(Cl)c1O. The normalized spacial score (nSPS) is 9.77. The molecule has 0 spiro atoms. The van der Waals surface area contributed by atoms with Crippen molar-refractivity contribution in [3.05, 3.63) is 16.2 Å². The van der Waals surface area contributed by atoms with Gasteiger partial charge in [0.2, 0.25) is 5.91 Å². The molecule has 0 fully saturated rings. The molecule has 0 saturated carbocycles. The highest BCUT2D eigenvalue weighted by Gasteiger charge is 2.10. The summed E-state index contributed by atoms with van der Waals surface area (Å²) in [4.78, 5) is 14.3. The number of anilines is 1. The summed E-state index contributed by atoms with van der Waals surface area (Å²) in [5.41, 5.74) is 0. The molecule has 1 aromatic rings. The molecule has 2 N–H and O–H groups in total. The van der Waals surface area contributed by atoms with E-state index in [0.29, 0.717) is 0 Å². The van der Waals surface area contributed by atoms with Crippen LogP contribution in [0.4, 0.5) is 5.82 Å².